The van der Waals surface area contributed by atoms with Crippen LogP contribution in [0, 0.1) is 5.92 Å². The van der Waals surface area contributed by atoms with Crippen LogP contribution in [0.1, 0.15) is 44.1 Å². The first kappa shape index (κ1) is 14.9. The lowest BCUT2D eigenvalue weighted by molar-refractivity contribution is 0.127. The zero-order valence-corrected chi connectivity index (χ0v) is 12.9. The Hall–Kier alpha value is -1.06. The number of aliphatic hydroxyl groups is 1. The molecule has 0 atom stereocenters. The molecule has 2 aliphatic rings. The summed E-state index contributed by atoms with van der Waals surface area (Å²) in [5.41, 5.74) is 2.75. The van der Waals surface area contributed by atoms with E-state index in [1.54, 1.807) is 0 Å². The summed E-state index contributed by atoms with van der Waals surface area (Å²) in [6.45, 7) is 3.62. The van der Waals surface area contributed by atoms with E-state index in [-0.39, 0.29) is 0 Å². The monoisotopic (exact) mass is 288 g/mol. The third-order valence-corrected chi connectivity index (χ3v) is 5.09. The average molecular weight is 288 g/mol. The quantitative estimate of drug-likeness (QED) is 0.873. The number of rotatable bonds is 5. The lowest BCUT2D eigenvalue weighted by Crippen LogP contribution is -2.34. The highest BCUT2D eigenvalue weighted by Gasteiger charge is 2.20. The molecule has 3 rings (SSSR count). The zero-order chi connectivity index (χ0) is 14.5. The van der Waals surface area contributed by atoms with Crippen LogP contribution in [0.2, 0.25) is 0 Å². The molecule has 0 bridgehead atoms. The SMILES string of the molecule is OCC1CCN(Cc2ccccc2NC2CCCC2)CC1. The van der Waals surface area contributed by atoms with E-state index in [4.69, 9.17) is 0 Å². The van der Waals surface area contributed by atoms with E-state index in [0.29, 0.717) is 18.6 Å². The lowest BCUT2D eigenvalue weighted by atomic mass is 9.97. The first-order chi connectivity index (χ1) is 10.3. The van der Waals surface area contributed by atoms with Crippen molar-refractivity contribution in [1.82, 2.24) is 4.90 Å². The molecule has 1 aliphatic heterocycles. The summed E-state index contributed by atoms with van der Waals surface area (Å²) in [5.74, 6) is 0.521. The lowest BCUT2D eigenvalue weighted by Gasteiger charge is -2.31. The minimum atomic E-state index is 0.355. The van der Waals surface area contributed by atoms with Crippen LogP contribution in [-0.2, 0) is 6.54 Å². The number of likely N-dealkylation sites (tertiary alicyclic amines) is 1. The Bertz CT molecular complexity index is 435. The van der Waals surface area contributed by atoms with Crippen LogP contribution < -0.4 is 5.32 Å². The van der Waals surface area contributed by atoms with Gasteiger partial charge in [0.25, 0.3) is 0 Å². The Labute approximate surface area is 128 Å². The van der Waals surface area contributed by atoms with Gasteiger partial charge in [0.05, 0.1) is 0 Å². The number of nitrogens with one attached hydrogen (secondary N) is 1. The molecular formula is C18H28N2O. The van der Waals surface area contributed by atoms with Gasteiger partial charge in [-0.25, -0.2) is 0 Å². The molecule has 1 aromatic rings. The van der Waals surface area contributed by atoms with E-state index in [0.717, 1.165) is 32.5 Å². The van der Waals surface area contributed by atoms with Crippen molar-refractivity contribution in [2.45, 2.75) is 51.1 Å². The van der Waals surface area contributed by atoms with Gasteiger partial charge in [-0.3, -0.25) is 4.90 Å². The smallest absolute Gasteiger partial charge is 0.0460 e. The molecule has 2 N–H and O–H groups in total. The Balaban J connectivity index is 1.59. The summed E-state index contributed by atoms with van der Waals surface area (Å²) >= 11 is 0. The minimum absolute atomic E-state index is 0.355. The van der Waals surface area contributed by atoms with Crippen molar-refractivity contribution in [1.29, 1.82) is 0 Å². The van der Waals surface area contributed by atoms with E-state index < -0.39 is 0 Å². The fourth-order valence-corrected chi connectivity index (χ4v) is 3.66. The maximum Gasteiger partial charge on any atom is 0.0460 e. The van der Waals surface area contributed by atoms with Crippen LogP contribution in [0.3, 0.4) is 0 Å². The van der Waals surface area contributed by atoms with Gasteiger partial charge in [-0.2, -0.15) is 0 Å². The van der Waals surface area contributed by atoms with Crippen LogP contribution in [0.15, 0.2) is 24.3 Å². The molecule has 0 unspecified atom stereocenters. The summed E-state index contributed by atoms with van der Waals surface area (Å²) in [4.78, 5) is 2.53. The Morgan fingerprint density at radius 2 is 1.76 bits per heavy atom. The van der Waals surface area contributed by atoms with E-state index in [1.807, 2.05) is 0 Å². The van der Waals surface area contributed by atoms with Gasteiger partial charge < -0.3 is 10.4 Å². The van der Waals surface area contributed by atoms with Gasteiger partial charge in [0.2, 0.25) is 0 Å². The normalized spacial score (nSPS) is 21.8. The highest BCUT2D eigenvalue weighted by molar-refractivity contribution is 5.51. The highest BCUT2D eigenvalue weighted by Crippen LogP contribution is 2.26. The summed E-state index contributed by atoms with van der Waals surface area (Å²) in [7, 11) is 0. The number of hydrogen-bond donors (Lipinski definition) is 2. The van der Waals surface area contributed by atoms with Crippen LogP contribution in [0.4, 0.5) is 5.69 Å². The molecule has 21 heavy (non-hydrogen) atoms. The Kier molecular flexibility index (Phi) is 5.15. The standard InChI is InChI=1S/C18H28N2O/c21-14-15-9-11-20(12-10-15)13-16-5-1-4-8-18(16)19-17-6-2-3-7-17/h1,4-5,8,15,17,19,21H,2-3,6-7,9-14H2. The van der Waals surface area contributed by atoms with Crippen molar-refractivity contribution in [2.75, 3.05) is 25.0 Å². The second kappa shape index (κ2) is 7.28. The van der Waals surface area contributed by atoms with E-state index in [2.05, 4.69) is 34.5 Å². The third kappa shape index (κ3) is 3.98. The van der Waals surface area contributed by atoms with Crippen molar-refractivity contribution in [2.24, 2.45) is 5.92 Å². The molecule has 3 heteroatoms. The van der Waals surface area contributed by atoms with Crippen molar-refractivity contribution >= 4 is 5.69 Å². The van der Waals surface area contributed by atoms with Crippen molar-refractivity contribution in [3.8, 4) is 0 Å². The number of nitrogens with zero attached hydrogens (tertiary/aromatic N) is 1. The van der Waals surface area contributed by atoms with Crippen LogP contribution in [-0.4, -0.2) is 35.7 Å². The van der Waals surface area contributed by atoms with Gasteiger partial charge in [0, 0.05) is 24.9 Å². The third-order valence-electron chi connectivity index (χ3n) is 5.09. The van der Waals surface area contributed by atoms with Gasteiger partial charge in [-0.1, -0.05) is 31.0 Å². The molecule has 1 aromatic carbocycles. The molecule has 0 spiro atoms. The number of para-hydroxylation sites is 1. The van der Waals surface area contributed by atoms with Gasteiger partial charge in [-0.05, 0) is 56.3 Å². The summed E-state index contributed by atoms with van der Waals surface area (Å²) in [6, 6.07) is 9.45. The number of hydrogen-bond acceptors (Lipinski definition) is 3. The average Bonchev–Trinajstić information content (AvgIpc) is 3.03. The molecule has 0 amide bonds. The number of piperidine rings is 1. The van der Waals surface area contributed by atoms with Crippen LogP contribution >= 0.6 is 0 Å². The summed E-state index contributed by atoms with van der Waals surface area (Å²) in [6.07, 6.45) is 7.64. The van der Waals surface area contributed by atoms with Gasteiger partial charge >= 0.3 is 0 Å². The maximum atomic E-state index is 9.24. The van der Waals surface area contributed by atoms with Gasteiger partial charge in [-0.15, -0.1) is 0 Å². The second-order valence-corrected chi connectivity index (χ2v) is 6.68. The number of aliphatic hydroxyl groups excluding tert-OH is 1. The first-order valence-corrected chi connectivity index (χ1v) is 8.53. The zero-order valence-electron chi connectivity index (χ0n) is 12.9. The molecule has 1 aliphatic carbocycles. The largest absolute Gasteiger partial charge is 0.396 e. The van der Waals surface area contributed by atoms with E-state index in [1.165, 1.54) is 36.9 Å². The Morgan fingerprint density at radius 1 is 1.05 bits per heavy atom. The molecule has 1 saturated heterocycles. The highest BCUT2D eigenvalue weighted by atomic mass is 16.3. The molecule has 1 heterocycles. The van der Waals surface area contributed by atoms with Crippen molar-refractivity contribution < 1.29 is 5.11 Å². The minimum Gasteiger partial charge on any atom is -0.396 e. The number of anilines is 1. The van der Waals surface area contributed by atoms with Crippen molar-refractivity contribution in [3.05, 3.63) is 29.8 Å². The molecule has 0 aromatic heterocycles. The molecule has 0 radical (unpaired) electrons. The summed E-state index contributed by atoms with van der Waals surface area (Å²) in [5, 5.41) is 13.0. The second-order valence-electron chi connectivity index (χ2n) is 6.68. The maximum absolute atomic E-state index is 9.24. The molecule has 3 nitrogen and oxygen atoms in total. The van der Waals surface area contributed by atoms with E-state index >= 15 is 0 Å². The van der Waals surface area contributed by atoms with Crippen LogP contribution in [0.5, 0.6) is 0 Å². The predicted octanol–water partition coefficient (Wildman–Crippen LogP) is 3.25. The Morgan fingerprint density at radius 3 is 2.48 bits per heavy atom. The fraction of sp³-hybridized carbons (Fsp3) is 0.667. The van der Waals surface area contributed by atoms with Crippen molar-refractivity contribution in [3.63, 3.8) is 0 Å². The molecule has 1 saturated carbocycles. The van der Waals surface area contributed by atoms with Gasteiger partial charge in [0.15, 0.2) is 0 Å². The fourth-order valence-electron chi connectivity index (χ4n) is 3.66. The van der Waals surface area contributed by atoms with E-state index in [9.17, 15) is 5.11 Å². The predicted molar refractivity (Wildman–Crippen MR) is 87.4 cm³/mol. The topological polar surface area (TPSA) is 35.5 Å². The summed E-state index contributed by atoms with van der Waals surface area (Å²) < 4.78 is 0. The van der Waals surface area contributed by atoms with Gasteiger partial charge in [0.1, 0.15) is 0 Å². The molecular weight excluding hydrogens is 260 g/mol. The molecule has 116 valence electrons. The first-order valence-electron chi connectivity index (χ1n) is 8.53. The van der Waals surface area contributed by atoms with Crippen LogP contribution in [0.25, 0.3) is 0 Å². The molecule has 2 fully saturated rings. The number of benzene rings is 1.